The average Bonchev–Trinajstić information content (AvgIpc) is 2.27. The summed E-state index contributed by atoms with van der Waals surface area (Å²) < 4.78 is 5.14. The molecule has 0 spiro atoms. The molecule has 1 aliphatic rings. The molecule has 2 amide bonds. The minimum absolute atomic E-state index is 0.00113. The van der Waals surface area contributed by atoms with Gasteiger partial charge in [-0.15, -0.1) is 0 Å². The zero-order valence-electron chi connectivity index (χ0n) is 9.57. The van der Waals surface area contributed by atoms with Gasteiger partial charge in [0.1, 0.15) is 0 Å². The van der Waals surface area contributed by atoms with E-state index >= 15 is 0 Å². The largest absolute Gasteiger partial charge is 0.378 e. The molecule has 0 aromatic heterocycles. The molecule has 1 fully saturated rings. The van der Waals surface area contributed by atoms with Crippen molar-refractivity contribution < 1.29 is 14.3 Å². The summed E-state index contributed by atoms with van der Waals surface area (Å²) in [5.41, 5.74) is 9.68. The van der Waals surface area contributed by atoms with E-state index in [0.717, 1.165) is 0 Å². The number of primary amides is 1. The Morgan fingerprint density at radius 3 is 2.44 bits per heavy atom. The second-order valence-electron chi connectivity index (χ2n) is 4.27. The van der Waals surface area contributed by atoms with E-state index < -0.39 is 11.4 Å². The standard InChI is InChI=1S/C10H19N3O3/c1-10(12,9(11)15)3-2-8(14)13-4-6-16-7-5-13/h2-7,12H2,1H3,(H2,11,15). The molecule has 0 bridgehead atoms. The Bertz CT molecular complexity index is 272. The molecule has 92 valence electrons. The number of carbonyl (C=O) groups excluding carboxylic acids is 2. The Balaban J connectivity index is 2.37. The maximum atomic E-state index is 11.7. The molecule has 1 atom stereocenters. The quantitative estimate of drug-likeness (QED) is 0.634. The summed E-state index contributed by atoms with van der Waals surface area (Å²) in [6, 6.07) is 0. The van der Waals surface area contributed by atoms with E-state index in [2.05, 4.69) is 0 Å². The van der Waals surface area contributed by atoms with E-state index in [9.17, 15) is 9.59 Å². The van der Waals surface area contributed by atoms with Crippen LogP contribution in [0.1, 0.15) is 19.8 Å². The van der Waals surface area contributed by atoms with E-state index in [1.54, 1.807) is 11.8 Å². The molecule has 4 N–H and O–H groups in total. The first kappa shape index (κ1) is 12.9. The van der Waals surface area contributed by atoms with Crippen molar-refractivity contribution in [1.29, 1.82) is 0 Å². The Morgan fingerprint density at radius 1 is 1.38 bits per heavy atom. The molecule has 1 unspecified atom stereocenters. The Morgan fingerprint density at radius 2 is 1.94 bits per heavy atom. The molecule has 0 aliphatic carbocycles. The van der Waals surface area contributed by atoms with E-state index in [4.69, 9.17) is 16.2 Å². The van der Waals surface area contributed by atoms with E-state index in [1.165, 1.54) is 0 Å². The summed E-state index contributed by atoms with van der Waals surface area (Å²) >= 11 is 0. The fourth-order valence-electron chi connectivity index (χ4n) is 1.46. The predicted octanol–water partition coefficient (Wildman–Crippen LogP) is -1.17. The van der Waals surface area contributed by atoms with Crippen LogP contribution in [0.5, 0.6) is 0 Å². The number of hydrogen-bond acceptors (Lipinski definition) is 4. The summed E-state index contributed by atoms with van der Waals surface area (Å²) in [4.78, 5) is 24.4. The minimum Gasteiger partial charge on any atom is -0.378 e. The van der Waals surface area contributed by atoms with Crippen LogP contribution < -0.4 is 11.5 Å². The normalized spacial score (nSPS) is 20.2. The van der Waals surface area contributed by atoms with Crippen LogP contribution in [0.2, 0.25) is 0 Å². The van der Waals surface area contributed by atoms with Gasteiger partial charge in [-0.3, -0.25) is 9.59 Å². The van der Waals surface area contributed by atoms with Crippen molar-refractivity contribution in [2.45, 2.75) is 25.3 Å². The molecule has 0 radical (unpaired) electrons. The highest BCUT2D eigenvalue weighted by molar-refractivity contribution is 5.85. The third-order valence-electron chi connectivity index (χ3n) is 2.78. The van der Waals surface area contributed by atoms with Crippen LogP contribution in [0.4, 0.5) is 0 Å². The van der Waals surface area contributed by atoms with Crippen molar-refractivity contribution in [2.75, 3.05) is 26.3 Å². The number of hydrogen-bond donors (Lipinski definition) is 2. The highest BCUT2D eigenvalue weighted by Gasteiger charge is 2.27. The van der Waals surface area contributed by atoms with Crippen LogP contribution in [0.3, 0.4) is 0 Å². The molecule has 0 aromatic carbocycles. The SMILES string of the molecule is CC(N)(CCC(=O)N1CCOCC1)C(N)=O. The van der Waals surface area contributed by atoms with Gasteiger partial charge in [-0.1, -0.05) is 0 Å². The predicted molar refractivity (Wildman–Crippen MR) is 58.4 cm³/mol. The number of amides is 2. The average molecular weight is 229 g/mol. The molecule has 0 saturated carbocycles. The number of nitrogens with two attached hydrogens (primary N) is 2. The number of carbonyl (C=O) groups is 2. The van der Waals surface area contributed by atoms with E-state index in [-0.39, 0.29) is 18.7 Å². The smallest absolute Gasteiger partial charge is 0.237 e. The van der Waals surface area contributed by atoms with E-state index in [0.29, 0.717) is 26.3 Å². The molecule has 1 saturated heterocycles. The first-order valence-electron chi connectivity index (χ1n) is 5.38. The van der Waals surface area contributed by atoms with Gasteiger partial charge in [0.15, 0.2) is 0 Å². The van der Waals surface area contributed by atoms with Gasteiger partial charge in [-0.2, -0.15) is 0 Å². The molecule has 6 heteroatoms. The summed E-state index contributed by atoms with van der Waals surface area (Å²) in [5, 5.41) is 0. The zero-order valence-corrected chi connectivity index (χ0v) is 9.57. The van der Waals surface area contributed by atoms with Crippen LogP contribution >= 0.6 is 0 Å². The van der Waals surface area contributed by atoms with Gasteiger partial charge in [0.05, 0.1) is 18.8 Å². The topological polar surface area (TPSA) is 98.7 Å². The Kier molecular flexibility index (Phi) is 4.26. The number of morpholine rings is 1. The van der Waals surface area contributed by atoms with Gasteiger partial charge in [0.2, 0.25) is 11.8 Å². The molecule has 1 heterocycles. The minimum atomic E-state index is -1.11. The van der Waals surface area contributed by atoms with Crippen molar-refractivity contribution in [1.82, 2.24) is 4.90 Å². The van der Waals surface area contributed by atoms with Gasteiger partial charge in [0, 0.05) is 19.5 Å². The van der Waals surface area contributed by atoms with Gasteiger partial charge in [-0.25, -0.2) is 0 Å². The summed E-state index contributed by atoms with van der Waals surface area (Å²) in [5.74, 6) is -0.580. The fraction of sp³-hybridized carbons (Fsp3) is 0.800. The first-order chi connectivity index (χ1) is 7.43. The van der Waals surface area contributed by atoms with Gasteiger partial charge in [-0.05, 0) is 13.3 Å². The second kappa shape index (κ2) is 5.27. The van der Waals surface area contributed by atoms with Crippen LogP contribution in [-0.2, 0) is 14.3 Å². The second-order valence-corrected chi connectivity index (χ2v) is 4.27. The molecule has 6 nitrogen and oxygen atoms in total. The lowest BCUT2D eigenvalue weighted by molar-refractivity contribution is -0.135. The Hall–Kier alpha value is -1.14. The van der Waals surface area contributed by atoms with E-state index in [1.807, 2.05) is 0 Å². The summed E-state index contributed by atoms with van der Waals surface area (Å²) in [6.45, 7) is 3.90. The van der Waals surface area contributed by atoms with Gasteiger partial charge in [0.25, 0.3) is 0 Å². The number of rotatable bonds is 4. The molecular formula is C10H19N3O3. The lowest BCUT2D eigenvalue weighted by Crippen LogP contribution is -2.50. The highest BCUT2D eigenvalue weighted by atomic mass is 16.5. The maximum Gasteiger partial charge on any atom is 0.237 e. The first-order valence-corrected chi connectivity index (χ1v) is 5.38. The molecule has 16 heavy (non-hydrogen) atoms. The van der Waals surface area contributed by atoms with Crippen LogP contribution in [0, 0.1) is 0 Å². The lowest BCUT2D eigenvalue weighted by Gasteiger charge is -2.28. The summed E-state index contributed by atoms with van der Waals surface area (Å²) in [7, 11) is 0. The molecular weight excluding hydrogens is 210 g/mol. The van der Waals surface area contributed by atoms with Crippen molar-refractivity contribution >= 4 is 11.8 Å². The number of ether oxygens (including phenoxy) is 1. The third-order valence-corrected chi connectivity index (χ3v) is 2.78. The molecule has 1 rings (SSSR count). The van der Waals surface area contributed by atoms with Crippen molar-refractivity contribution in [2.24, 2.45) is 11.5 Å². The fourth-order valence-corrected chi connectivity index (χ4v) is 1.46. The number of nitrogens with zero attached hydrogens (tertiary/aromatic N) is 1. The third kappa shape index (κ3) is 3.46. The van der Waals surface area contributed by atoms with Crippen molar-refractivity contribution in [3.63, 3.8) is 0 Å². The molecule has 0 aromatic rings. The van der Waals surface area contributed by atoms with Gasteiger partial charge < -0.3 is 21.1 Å². The van der Waals surface area contributed by atoms with Gasteiger partial charge >= 0.3 is 0 Å². The monoisotopic (exact) mass is 229 g/mol. The highest BCUT2D eigenvalue weighted by Crippen LogP contribution is 2.10. The van der Waals surface area contributed by atoms with Crippen LogP contribution in [0.15, 0.2) is 0 Å². The maximum absolute atomic E-state index is 11.7. The lowest BCUT2D eigenvalue weighted by atomic mass is 9.96. The van der Waals surface area contributed by atoms with Crippen LogP contribution in [-0.4, -0.2) is 48.6 Å². The summed E-state index contributed by atoms with van der Waals surface area (Å²) in [6.07, 6.45) is 0.522. The van der Waals surface area contributed by atoms with Crippen molar-refractivity contribution in [3.8, 4) is 0 Å². The molecule has 1 aliphatic heterocycles. The Labute approximate surface area is 94.9 Å². The van der Waals surface area contributed by atoms with Crippen molar-refractivity contribution in [3.05, 3.63) is 0 Å². The van der Waals surface area contributed by atoms with Crippen LogP contribution in [0.25, 0.3) is 0 Å². The zero-order chi connectivity index (χ0) is 12.2.